The van der Waals surface area contributed by atoms with E-state index in [0.29, 0.717) is 12.8 Å². The maximum absolute atomic E-state index is 12.7. The molecule has 1 rings (SSSR count). The van der Waals surface area contributed by atoms with E-state index in [1.54, 1.807) is 0 Å². The maximum Gasteiger partial charge on any atom is 0.416 e. The summed E-state index contributed by atoms with van der Waals surface area (Å²) in [7, 11) is 0. The lowest BCUT2D eigenvalue weighted by Crippen LogP contribution is -2.19. The molecule has 1 unspecified atom stereocenters. The highest BCUT2D eigenvalue weighted by molar-refractivity contribution is 5.70. The minimum absolute atomic E-state index is 0.0471. The van der Waals surface area contributed by atoms with Gasteiger partial charge in [-0.1, -0.05) is 31.5 Å². The van der Waals surface area contributed by atoms with Crippen molar-refractivity contribution in [1.82, 2.24) is 0 Å². The highest BCUT2D eigenvalue weighted by Gasteiger charge is 2.33. The Bertz CT molecular complexity index is 413. The van der Waals surface area contributed by atoms with Crippen molar-refractivity contribution in [3.05, 3.63) is 35.4 Å². The van der Waals surface area contributed by atoms with Crippen LogP contribution in [0.25, 0.3) is 0 Å². The summed E-state index contributed by atoms with van der Waals surface area (Å²) in [5.74, 6) is -1.81. The molecule has 1 aromatic rings. The molecule has 0 spiro atoms. The van der Waals surface area contributed by atoms with Gasteiger partial charge < -0.3 is 5.11 Å². The van der Waals surface area contributed by atoms with Crippen molar-refractivity contribution in [1.29, 1.82) is 0 Å². The average molecular weight is 260 g/mol. The molecule has 18 heavy (non-hydrogen) atoms. The Morgan fingerprint density at radius 3 is 2.44 bits per heavy atom. The minimum atomic E-state index is -4.44. The summed E-state index contributed by atoms with van der Waals surface area (Å²) in [6, 6.07) is 5.13. The highest BCUT2D eigenvalue weighted by atomic mass is 19.4. The largest absolute Gasteiger partial charge is 0.481 e. The van der Waals surface area contributed by atoms with Crippen molar-refractivity contribution < 1.29 is 23.1 Å². The molecule has 0 aliphatic heterocycles. The van der Waals surface area contributed by atoms with Crippen LogP contribution in [-0.4, -0.2) is 11.1 Å². The first kappa shape index (κ1) is 14.5. The second-order valence-corrected chi connectivity index (χ2v) is 4.18. The molecule has 0 saturated heterocycles. The van der Waals surface area contributed by atoms with Gasteiger partial charge in [-0.2, -0.15) is 13.2 Å². The molecule has 5 heteroatoms. The van der Waals surface area contributed by atoms with Crippen LogP contribution in [0.1, 0.15) is 30.9 Å². The Labute approximate surface area is 103 Å². The van der Waals surface area contributed by atoms with Crippen molar-refractivity contribution in [2.45, 2.75) is 32.4 Å². The van der Waals surface area contributed by atoms with E-state index in [0.717, 1.165) is 6.07 Å². The molecule has 0 radical (unpaired) electrons. The standard InChI is InChI=1S/C13H15F3O2/c1-2-5-10(12(17)18)8-9-6-3-4-7-11(9)13(14,15)16/h3-4,6-7,10H,2,5,8H2,1H3,(H,17,18). The number of aliphatic carboxylic acids is 1. The van der Waals surface area contributed by atoms with E-state index in [2.05, 4.69) is 0 Å². The molecule has 0 bridgehead atoms. The molecule has 2 nitrogen and oxygen atoms in total. The number of halogens is 3. The van der Waals surface area contributed by atoms with Gasteiger partial charge in [-0.3, -0.25) is 4.79 Å². The quantitative estimate of drug-likeness (QED) is 0.875. The van der Waals surface area contributed by atoms with Crippen LogP contribution in [0.3, 0.4) is 0 Å². The van der Waals surface area contributed by atoms with Gasteiger partial charge in [0, 0.05) is 0 Å². The molecule has 0 aromatic heterocycles. The molecule has 0 aliphatic carbocycles. The van der Waals surface area contributed by atoms with Crippen LogP contribution in [0.5, 0.6) is 0 Å². The van der Waals surface area contributed by atoms with Crippen molar-refractivity contribution in [3.63, 3.8) is 0 Å². The SMILES string of the molecule is CCCC(Cc1ccccc1C(F)(F)F)C(=O)O. The van der Waals surface area contributed by atoms with Crippen LogP contribution in [0.2, 0.25) is 0 Å². The van der Waals surface area contributed by atoms with Crippen LogP contribution >= 0.6 is 0 Å². The van der Waals surface area contributed by atoms with E-state index in [1.807, 2.05) is 6.92 Å². The zero-order chi connectivity index (χ0) is 13.8. The summed E-state index contributed by atoms with van der Waals surface area (Å²) >= 11 is 0. The average Bonchev–Trinajstić information content (AvgIpc) is 2.27. The number of carbonyl (C=O) groups is 1. The summed E-state index contributed by atoms with van der Waals surface area (Å²) < 4.78 is 38.2. The Balaban J connectivity index is 2.99. The van der Waals surface area contributed by atoms with Crippen LogP contribution in [0, 0.1) is 5.92 Å². The fraction of sp³-hybridized carbons (Fsp3) is 0.462. The molecular weight excluding hydrogens is 245 g/mol. The Morgan fingerprint density at radius 1 is 1.33 bits per heavy atom. The number of benzene rings is 1. The molecule has 1 aromatic carbocycles. The van der Waals surface area contributed by atoms with Gasteiger partial charge in [0.2, 0.25) is 0 Å². The van der Waals surface area contributed by atoms with E-state index < -0.39 is 23.6 Å². The van der Waals surface area contributed by atoms with Crippen LogP contribution in [-0.2, 0) is 17.4 Å². The second-order valence-electron chi connectivity index (χ2n) is 4.18. The van der Waals surface area contributed by atoms with Crippen molar-refractivity contribution in [2.75, 3.05) is 0 Å². The molecule has 0 amide bonds. The number of hydrogen-bond donors (Lipinski definition) is 1. The van der Waals surface area contributed by atoms with Gasteiger partial charge in [0.15, 0.2) is 0 Å². The van der Waals surface area contributed by atoms with Gasteiger partial charge >= 0.3 is 12.1 Å². The van der Waals surface area contributed by atoms with Gasteiger partial charge in [0.05, 0.1) is 11.5 Å². The molecule has 0 aliphatic rings. The smallest absolute Gasteiger partial charge is 0.416 e. The molecule has 1 N–H and O–H groups in total. The van der Waals surface area contributed by atoms with Gasteiger partial charge in [0.1, 0.15) is 0 Å². The third-order valence-corrected chi connectivity index (χ3v) is 2.78. The summed E-state index contributed by atoms with van der Waals surface area (Å²) in [6.45, 7) is 1.81. The normalized spacial score (nSPS) is 13.3. The Kier molecular flexibility index (Phi) is 4.76. The van der Waals surface area contributed by atoms with E-state index >= 15 is 0 Å². The number of hydrogen-bond acceptors (Lipinski definition) is 1. The summed E-state index contributed by atoms with van der Waals surface area (Å²) in [4.78, 5) is 11.0. The van der Waals surface area contributed by atoms with Crippen molar-refractivity contribution >= 4 is 5.97 Å². The topological polar surface area (TPSA) is 37.3 Å². The van der Waals surface area contributed by atoms with Gasteiger partial charge in [-0.15, -0.1) is 0 Å². The summed E-state index contributed by atoms with van der Waals surface area (Å²) in [6.07, 6.45) is -3.52. The number of carboxylic acids is 1. The van der Waals surface area contributed by atoms with Crippen LogP contribution in [0.4, 0.5) is 13.2 Å². The molecule has 0 saturated carbocycles. The van der Waals surface area contributed by atoms with Gasteiger partial charge in [-0.25, -0.2) is 0 Å². The highest BCUT2D eigenvalue weighted by Crippen LogP contribution is 2.33. The molecular formula is C13H15F3O2. The summed E-state index contributed by atoms with van der Waals surface area (Å²) in [5.41, 5.74) is -0.696. The second kappa shape index (κ2) is 5.89. The third kappa shape index (κ3) is 3.75. The lowest BCUT2D eigenvalue weighted by molar-refractivity contribution is -0.143. The van der Waals surface area contributed by atoms with Crippen LogP contribution in [0.15, 0.2) is 24.3 Å². The van der Waals surface area contributed by atoms with E-state index in [9.17, 15) is 18.0 Å². The van der Waals surface area contributed by atoms with E-state index in [-0.39, 0.29) is 12.0 Å². The Hall–Kier alpha value is -1.52. The lowest BCUT2D eigenvalue weighted by Gasteiger charge is -2.16. The minimum Gasteiger partial charge on any atom is -0.481 e. The van der Waals surface area contributed by atoms with Crippen LogP contribution < -0.4 is 0 Å². The van der Waals surface area contributed by atoms with Gasteiger partial charge in [0.25, 0.3) is 0 Å². The first-order chi connectivity index (χ1) is 8.36. The number of carboxylic acid groups (broad SMARTS) is 1. The predicted octanol–water partition coefficient (Wildman–Crippen LogP) is 3.75. The molecule has 1 atom stereocenters. The van der Waals surface area contributed by atoms with E-state index in [1.165, 1.54) is 18.2 Å². The first-order valence-corrected chi connectivity index (χ1v) is 5.74. The van der Waals surface area contributed by atoms with Crippen molar-refractivity contribution in [2.24, 2.45) is 5.92 Å². The zero-order valence-corrected chi connectivity index (χ0v) is 10.00. The fourth-order valence-electron chi connectivity index (χ4n) is 1.90. The van der Waals surface area contributed by atoms with Gasteiger partial charge in [-0.05, 0) is 24.5 Å². The Morgan fingerprint density at radius 2 is 1.94 bits per heavy atom. The lowest BCUT2D eigenvalue weighted by atomic mass is 9.92. The molecule has 100 valence electrons. The monoisotopic (exact) mass is 260 g/mol. The number of alkyl halides is 3. The summed E-state index contributed by atoms with van der Waals surface area (Å²) in [5, 5.41) is 8.98. The fourth-order valence-corrected chi connectivity index (χ4v) is 1.90. The maximum atomic E-state index is 12.7. The molecule has 0 heterocycles. The third-order valence-electron chi connectivity index (χ3n) is 2.78. The zero-order valence-electron chi connectivity index (χ0n) is 10.00. The molecule has 0 fully saturated rings. The van der Waals surface area contributed by atoms with Crippen molar-refractivity contribution in [3.8, 4) is 0 Å². The van der Waals surface area contributed by atoms with E-state index in [4.69, 9.17) is 5.11 Å². The first-order valence-electron chi connectivity index (χ1n) is 5.74. The predicted molar refractivity (Wildman–Crippen MR) is 61.2 cm³/mol. The number of rotatable bonds is 5.